The first-order valence-electron chi connectivity index (χ1n) is 10.5. The van der Waals surface area contributed by atoms with Crippen molar-refractivity contribution in [1.82, 2.24) is 14.8 Å². The highest BCUT2D eigenvalue weighted by Crippen LogP contribution is 2.42. The van der Waals surface area contributed by atoms with Gasteiger partial charge >= 0.3 is 0 Å². The van der Waals surface area contributed by atoms with Crippen LogP contribution in [0.25, 0.3) is 10.9 Å². The van der Waals surface area contributed by atoms with Crippen molar-refractivity contribution in [3.63, 3.8) is 0 Å². The highest BCUT2D eigenvalue weighted by atomic mass is 19.1. The molecule has 0 saturated carbocycles. The summed E-state index contributed by atoms with van der Waals surface area (Å²) < 4.78 is 19.4. The number of methoxy groups -OCH3 is 1. The predicted molar refractivity (Wildman–Crippen MR) is 114 cm³/mol. The Labute approximate surface area is 179 Å². The summed E-state index contributed by atoms with van der Waals surface area (Å²) in [7, 11) is 1.63. The molecule has 0 bridgehead atoms. The zero-order chi connectivity index (χ0) is 21.8. The Balaban J connectivity index is 1.52. The standard InChI is InChI=1S/C24H24FN3O3/c1-24-22-17(18-13-16(31-2)7-8-20(18)26-22)10-12-28(24)21(29)14-27(23(24)30)11-9-15-5-3-4-6-19(15)25/h3-8,13,26H,9-12,14H2,1-2H3/t24-/m0/s1. The summed E-state index contributed by atoms with van der Waals surface area (Å²) in [4.78, 5) is 33.4. The summed E-state index contributed by atoms with van der Waals surface area (Å²) in [5, 5.41) is 1.01. The molecule has 0 radical (unpaired) electrons. The number of ether oxygens (including phenoxy) is 1. The highest BCUT2D eigenvalue weighted by molar-refractivity contribution is 6.00. The Morgan fingerprint density at radius 2 is 2.00 bits per heavy atom. The maximum absolute atomic E-state index is 14.0. The molecule has 31 heavy (non-hydrogen) atoms. The summed E-state index contributed by atoms with van der Waals surface area (Å²) >= 11 is 0. The van der Waals surface area contributed by atoms with Crippen LogP contribution >= 0.6 is 0 Å². The van der Waals surface area contributed by atoms with Crippen LogP contribution in [-0.2, 0) is 28.0 Å². The minimum absolute atomic E-state index is 0.0201. The molecule has 2 aliphatic rings. The van der Waals surface area contributed by atoms with Crippen LogP contribution in [0.4, 0.5) is 4.39 Å². The molecule has 1 aromatic heterocycles. The van der Waals surface area contributed by atoms with Gasteiger partial charge in [0.05, 0.1) is 19.3 Å². The second-order valence-corrected chi connectivity index (χ2v) is 8.33. The summed E-state index contributed by atoms with van der Waals surface area (Å²) in [6.45, 7) is 2.61. The second kappa shape index (κ2) is 7.11. The smallest absolute Gasteiger partial charge is 0.254 e. The van der Waals surface area contributed by atoms with Crippen LogP contribution in [0.3, 0.4) is 0 Å². The van der Waals surface area contributed by atoms with Crippen molar-refractivity contribution in [2.45, 2.75) is 25.3 Å². The lowest BCUT2D eigenvalue weighted by molar-refractivity contribution is -0.165. The van der Waals surface area contributed by atoms with Gasteiger partial charge in [0, 0.05) is 24.0 Å². The summed E-state index contributed by atoms with van der Waals surface area (Å²) in [6.07, 6.45) is 1.03. The van der Waals surface area contributed by atoms with Crippen LogP contribution in [0.5, 0.6) is 5.75 Å². The van der Waals surface area contributed by atoms with Gasteiger partial charge in [-0.05, 0) is 55.2 Å². The molecule has 5 rings (SSSR count). The van der Waals surface area contributed by atoms with E-state index in [9.17, 15) is 14.0 Å². The van der Waals surface area contributed by atoms with Gasteiger partial charge in [-0.15, -0.1) is 0 Å². The van der Waals surface area contributed by atoms with E-state index in [1.807, 2.05) is 25.1 Å². The number of amides is 2. The highest BCUT2D eigenvalue weighted by Gasteiger charge is 2.53. The molecule has 1 atom stereocenters. The number of hydrogen-bond acceptors (Lipinski definition) is 3. The van der Waals surface area contributed by atoms with Gasteiger partial charge in [-0.1, -0.05) is 18.2 Å². The molecule has 2 amide bonds. The number of halogens is 1. The molecule has 1 fully saturated rings. The number of carbonyl (C=O) groups excluding carboxylic acids is 2. The zero-order valence-electron chi connectivity index (χ0n) is 17.6. The lowest BCUT2D eigenvalue weighted by Crippen LogP contribution is -2.67. The first-order chi connectivity index (χ1) is 14.9. The van der Waals surface area contributed by atoms with Crippen LogP contribution in [-0.4, -0.2) is 53.3 Å². The van der Waals surface area contributed by atoms with Gasteiger partial charge in [-0.2, -0.15) is 0 Å². The average Bonchev–Trinajstić information content (AvgIpc) is 3.15. The van der Waals surface area contributed by atoms with Crippen molar-refractivity contribution in [3.8, 4) is 5.75 Å². The molecule has 1 saturated heterocycles. The van der Waals surface area contributed by atoms with Gasteiger partial charge in [-0.25, -0.2) is 4.39 Å². The zero-order valence-corrected chi connectivity index (χ0v) is 17.6. The molecule has 0 unspecified atom stereocenters. The number of H-pyrrole nitrogens is 1. The van der Waals surface area contributed by atoms with Crippen LogP contribution in [0.1, 0.15) is 23.7 Å². The molecule has 6 nitrogen and oxygen atoms in total. The topological polar surface area (TPSA) is 65.6 Å². The number of hydrogen-bond donors (Lipinski definition) is 1. The largest absolute Gasteiger partial charge is 0.497 e. The second-order valence-electron chi connectivity index (χ2n) is 8.33. The van der Waals surface area contributed by atoms with Crippen LogP contribution in [0, 0.1) is 5.82 Å². The SMILES string of the molecule is COc1ccc2[nH]c3c(c2c1)CCN1C(=O)CN(CCc2ccccc2F)C(=O)[C@]31C. The van der Waals surface area contributed by atoms with E-state index in [4.69, 9.17) is 4.74 Å². The maximum Gasteiger partial charge on any atom is 0.254 e. The Morgan fingerprint density at radius 1 is 1.19 bits per heavy atom. The molecular weight excluding hydrogens is 397 g/mol. The summed E-state index contributed by atoms with van der Waals surface area (Å²) in [5.41, 5.74) is 2.15. The monoisotopic (exact) mass is 421 g/mol. The van der Waals surface area contributed by atoms with E-state index in [0.29, 0.717) is 31.5 Å². The van der Waals surface area contributed by atoms with Crippen molar-refractivity contribution in [1.29, 1.82) is 0 Å². The molecular formula is C24H24FN3O3. The molecule has 7 heteroatoms. The quantitative estimate of drug-likeness (QED) is 0.704. The minimum atomic E-state index is -1.11. The van der Waals surface area contributed by atoms with Crippen LogP contribution in [0.2, 0.25) is 0 Å². The van der Waals surface area contributed by atoms with Crippen molar-refractivity contribution >= 4 is 22.7 Å². The minimum Gasteiger partial charge on any atom is -0.497 e. The maximum atomic E-state index is 14.0. The van der Waals surface area contributed by atoms with E-state index in [1.165, 1.54) is 6.07 Å². The molecule has 0 spiro atoms. The van der Waals surface area contributed by atoms with Gasteiger partial charge in [-0.3, -0.25) is 9.59 Å². The number of nitrogens with one attached hydrogen (secondary N) is 1. The first-order valence-corrected chi connectivity index (χ1v) is 10.5. The van der Waals surface area contributed by atoms with Crippen molar-refractivity contribution < 1.29 is 18.7 Å². The number of aromatic nitrogens is 1. The van der Waals surface area contributed by atoms with Gasteiger partial charge in [0.25, 0.3) is 5.91 Å². The van der Waals surface area contributed by atoms with E-state index >= 15 is 0 Å². The Bertz CT molecular complexity index is 1200. The van der Waals surface area contributed by atoms with E-state index in [2.05, 4.69) is 4.98 Å². The summed E-state index contributed by atoms with van der Waals surface area (Å²) in [5.74, 6) is 0.232. The van der Waals surface area contributed by atoms with E-state index in [1.54, 1.807) is 35.1 Å². The number of fused-ring (bicyclic) bond motifs is 5. The van der Waals surface area contributed by atoms with E-state index < -0.39 is 5.54 Å². The third-order valence-electron chi connectivity index (χ3n) is 6.67. The molecule has 2 aromatic carbocycles. The van der Waals surface area contributed by atoms with Gasteiger partial charge < -0.3 is 19.5 Å². The Kier molecular flexibility index (Phi) is 4.50. The fraction of sp³-hybridized carbons (Fsp3) is 0.333. The van der Waals surface area contributed by atoms with Gasteiger partial charge in [0.2, 0.25) is 5.91 Å². The Hall–Kier alpha value is -3.35. The number of piperazine rings is 1. The van der Waals surface area contributed by atoms with E-state index in [0.717, 1.165) is 27.9 Å². The molecule has 0 aliphatic carbocycles. The van der Waals surface area contributed by atoms with Crippen molar-refractivity contribution in [2.24, 2.45) is 0 Å². The van der Waals surface area contributed by atoms with Crippen molar-refractivity contribution in [3.05, 3.63) is 65.1 Å². The van der Waals surface area contributed by atoms with Gasteiger partial charge in [0.1, 0.15) is 11.6 Å². The normalized spacial score (nSPS) is 20.7. The van der Waals surface area contributed by atoms with Gasteiger partial charge in [0.15, 0.2) is 5.54 Å². The third kappa shape index (κ3) is 2.91. The van der Waals surface area contributed by atoms with E-state index in [-0.39, 0.29) is 24.2 Å². The first kappa shape index (κ1) is 19.6. The summed E-state index contributed by atoms with van der Waals surface area (Å²) in [6, 6.07) is 12.3. The molecule has 3 heterocycles. The number of aromatic amines is 1. The molecule has 2 aliphatic heterocycles. The number of benzene rings is 2. The van der Waals surface area contributed by atoms with Crippen LogP contribution < -0.4 is 4.74 Å². The molecule has 160 valence electrons. The molecule has 3 aromatic rings. The fourth-order valence-corrected chi connectivity index (χ4v) is 4.97. The molecule has 1 N–H and O–H groups in total. The average molecular weight is 421 g/mol. The fourth-order valence-electron chi connectivity index (χ4n) is 4.97. The number of carbonyl (C=O) groups is 2. The van der Waals surface area contributed by atoms with Crippen molar-refractivity contribution in [2.75, 3.05) is 26.7 Å². The number of nitrogens with zero attached hydrogens (tertiary/aromatic N) is 2. The van der Waals surface area contributed by atoms with Crippen LogP contribution in [0.15, 0.2) is 42.5 Å². The third-order valence-corrected chi connectivity index (χ3v) is 6.67. The number of rotatable bonds is 4. The Morgan fingerprint density at radius 3 is 2.77 bits per heavy atom. The lowest BCUT2D eigenvalue weighted by atomic mass is 9.83. The lowest BCUT2D eigenvalue weighted by Gasteiger charge is -2.49. The predicted octanol–water partition coefficient (Wildman–Crippen LogP) is 3.00.